The summed E-state index contributed by atoms with van der Waals surface area (Å²) in [4.78, 5) is 12.6. The molecule has 1 heterocycles. The van der Waals surface area contributed by atoms with Crippen LogP contribution in [0.15, 0.2) is 30.3 Å². The summed E-state index contributed by atoms with van der Waals surface area (Å²) in [7, 11) is 1.47. The van der Waals surface area contributed by atoms with Crippen molar-refractivity contribution in [2.75, 3.05) is 13.7 Å². The maximum atomic E-state index is 11.3. The van der Waals surface area contributed by atoms with Crippen LogP contribution in [0.5, 0.6) is 0 Å². The van der Waals surface area contributed by atoms with Gasteiger partial charge < -0.3 is 4.74 Å². The van der Waals surface area contributed by atoms with Crippen LogP contribution in [-0.4, -0.2) is 39.7 Å². The zero-order valence-electron chi connectivity index (χ0n) is 9.41. The van der Waals surface area contributed by atoms with E-state index >= 15 is 0 Å². The van der Waals surface area contributed by atoms with E-state index in [9.17, 15) is 4.79 Å². The zero-order valence-corrected chi connectivity index (χ0v) is 9.41. The summed E-state index contributed by atoms with van der Waals surface area (Å²) < 4.78 is 4.73. The van der Waals surface area contributed by atoms with Gasteiger partial charge in [-0.15, -0.1) is 10.2 Å². The third-order valence-electron chi connectivity index (χ3n) is 2.11. The van der Waals surface area contributed by atoms with Gasteiger partial charge in [-0.1, -0.05) is 30.3 Å². The van der Waals surface area contributed by atoms with Crippen molar-refractivity contribution in [3.05, 3.63) is 30.3 Å². The number of ether oxygens (including phenoxy) is 1. The number of carbonyl (C=O) groups excluding carboxylic acids is 1. The molecule has 0 spiro atoms. The molecule has 0 amide bonds. The van der Waals surface area contributed by atoms with Crippen LogP contribution in [0, 0.1) is 0 Å². The van der Waals surface area contributed by atoms with E-state index in [1.165, 1.54) is 11.9 Å². The lowest BCUT2D eigenvalue weighted by Gasteiger charge is -1.96. The van der Waals surface area contributed by atoms with E-state index in [0.717, 1.165) is 5.56 Å². The molecule has 17 heavy (non-hydrogen) atoms. The number of nitrogens with zero attached hydrogens (tertiary/aromatic N) is 4. The Morgan fingerprint density at radius 2 is 2.12 bits per heavy atom. The third kappa shape index (κ3) is 2.94. The van der Waals surface area contributed by atoms with Gasteiger partial charge in [-0.25, -0.2) is 0 Å². The van der Waals surface area contributed by atoms with Gasteiger partial charge in [0.25, 0.3) is 0 Å². The van der Waals surface area contributed by atoms with E-state index in [0.29, 0.717) is 5.82 Å². The van der Waals surface area contributed by atoms with Crippen molar-refractivity contribution in [3.63, 3.8) is 0 Å². The fourth-order valence-corrected chi connectivity index (χ4v) is 1.38. The van der Waals surface area contributed by atoms with Gasteiger partial charge in [-0.3, -0.25) is 4.79 Å². The van der Waals surface area contributed by atoms with Crippen LogP contribution in [0.2, 0.25) is 0 Å². The van der Waals surface area contributed by atoms with Gasteiger partial charge in [0, 0.05) is 12.7 Å². The standard InChI is InChI=1S/C11H12N4O2/c1-17-8-10(16)7-15-13-11(12-14-15)9-5-3-2-4-6-9/h2-6H,7-8H2,1H3. The molecule has 0 fully saturated rings. The molecule has 0 aliphatic carbocycles. The van der Waals surface area contributed by atoms with Crippen molar-refractivity contribution in [3.8, 4) is 11.4 Å². The van der Waals surface area contributed by atoms with Gasteiger partial charge in [-0.05, 0) is 5.21 Å². The van der Waals surface area contributed by atoms with E-state index in [-0.39, 0.29) is 18.9 Å². The molecule has 2 rings (SSSR count). The predicted molar refractivity (Wildman–Crippen MR) is 60.1 cm³/mol. The molecule has 0 radical (unpaired) electrons. The molecule has 1 aromatic heterocycles. The lowest BCUT2D eigenvalue weighted by molar-refractivity contribution is -0.123. The first-order valence-electron chi connectivity index (χ1n) is 5.13. The maximum Gasteiger partial charge on any atom is 0.204 e. The predicted octanol–water partition coefficient (Wildman–Crippen LogP) is 0.556. The SMILES string of the molecule is COCC(=O)Cn1nnc(-c2ccccc2)n1. The van der Waals surface area contributed by atoms with Crippen LogP contribution in [0.3, 0.4) is 0 Å². The highest BCUT2D eigenvalue weighted by Gasteiger charge is 2.08. The quantitative estimate of drug-likeness (QED) is 0.753. The minimum absolute atomic E-state index is 0.0577. The van der Waals surface area contributed by atoms with Crippen molar-refractivity contribution in [1.82, 2.24) is 20.2 Å². The number of benzene rings is 1. The van der Waals surface area contributed by atoms with Crippen molar-refractivity contribution >= 4 is 5.78 Å². The van der Waals surface area contributed by atoms with Crippen molar-refractivity contribution in [2.24, 2.45) is 0 Å². The summed E-state index contributed by atoms with van der Waals surface area (Å²) in [6, 6.07) is 9.48. The molecular formula is C11H12N4O2. The third-order valence-corrected chi connectivity index (χ3v) is 2.11. The number of carbonyl (C=O) groups is 1. The average Bonchev–Trinajstić information content (AvgIpc) is 2.79. The molecule has 2 aromatic rings. The Kier molecular flexibility index (Phi) is 3.56. The fourth-order valence-electron chi connectivity index (χ4n) is 1.38. The van der Waals surface area contributed by atoms with Gasteiger partial charge in [0.15, 0.2) is 5.78 Å². The van der Waals surface area contributed by atoms with Crippen molar-refractivity contribution in [1.29, 1.82) is 0 Å². The Labute approximate surface area is 98.2 Å². The smallest absolute Gasteiger partial charge is 0.204 e. The molecule has 0 unspecified atom stereocenters. The van der Waals surface area contributed by atoms with Gasteiger partial charge in [0.2, 0.25) is 5.82 Å². The summed E-state index contributed by atoms with van der Waals surface area (Å²) in [5.41, 5.74) is 0.873. The summed E-state index contributed by atoms with van der Waals surface area (Å²) in [6.45, 7) is 0.135. The number of methoxy groups -OCH3 is 1. The Morgan fingerprint density at radius 1 is 1.35 bits per heavy atom. The van der Waals surface area contributed by atoms with E-state index in [1.807, 2.05) is 30.3 Å². The first kappa shape index (κ1) is 11.4. The van der Waals surface area contributed by atoms with Gasteiger partial charge >= 0.3 is 0 Å². The number of rotatable bonds is 5. The molecule has 0 N–H and O–H groups in total. The molecule has 0 aliphatic heterocycles. The minimum Gasteiger partial charge on any atom is -0.377 e. The van der Waals surface area contributed by atoms with Gasteiger partial charge in [0.1, 0.15) is 13.2 Å². The van der Waals surface area contributed by atoms with Crippen LogP contribution < -0.4 is 0 Å². The Morgan fingerprint density at radius 3 is 2.82 bits per heavy atom. The second kappa shape index (κ2) is 5.31. The molecule has 1 aromatic carbocycles. The van der Waals surface area contributed by atoms with Gasteiger partial charge in [0.05, 0.1) is 0 Å². The number of Topliss-reactive ketones (excluding diaryl/α,β-unsaturated/α-hetero) is 1. The molecule has 6 heteroatoms. The molecule has 0 atom stereocenters. The van der Waals surface area contributed by atoms with Crippen molar-refractivity contribution < 1.29 is 9.53 Å². The second-order valence-electron chi connectivity index (χ2n) is 3.48. The molecular weight excluding hydrogens is 220 g/mol. The molecule has 0 saturated heterocycles. The van der Waals surface area contributed by atoms with E-state index in [1.54, 1.807) is 0 Å². The minimum atomic E-state index is -0.0930. The Bertz CT molecular complexity index is 495. The number of hydrogen-bond donors (Lipinski definition) is 0. The van der Waals surface area contributed by atoms with Crippen molar-refractivity contribution in [2.45, 2.75) is 6.54 Å². The monoisotopic (exact) mass is 232 g/mol. The first-order valence-corrected chi connectivity index (χ1v) is 5.13. The lowest BCUT2D eigenvalue weighted by atomic mass is 10.2. The summed E-state index contributed by atoms with van der Waals surface area (Å²) in [5.74, 6) is 0.417. The van der Waals surface area contributed by atoms with Crippen LogP contribution >= 0.6 is 0 Å². The topological polar surface area (TPSA) is 69.9 Å². The Balaban J connectivity index is 2.09. The maximum absolute atomic E-state index is 11.3. The number of ketones is 1. The molecule has 0 saturated carbocycles. The summed E-state index contributed by atoms with van der Waals surface area (Å²) in [5, 5.41) is 11.8. The van der Waals surface area contributed by atoms with E-state index in [2.05, 4.69) is 15.4 Å². The molecule has 0 bridgehead atoms. The average molecular weight is 232 g/mol. The highest BCUT2D eigenvalue weighted by atomic mass is 16.5. The fraction of sp³-hybridized carbons (Fsp3) is 0.273. The van der Waals surface area contributed by atoms with Crippen LogP contribution in [-0.2, 0) is 16.1 Å². The highest BCUT2D eigenvalue weighted by molar-refractivity contribution is 5.79. The second-order valence-corrected chi connectivity index (χ2v) is 3.48. The largest absolute Gasteiger partial charge is 0.377 e. The Hall–Kier alpha value is -2.08. The van der Waals surface area contributed by atoms with Crippen LogP contribution in [0.25, 0.3) is 11.4 Å². The number of tetrazole rings is 1. The summed E-state index contributed by atoms with van der Waals surface area (Å²) >= 11 is 0. The zero-order chi connectivity index (χ0) is 12.1. The first-order chi connectivity index (χ1) is 8.29. The number of hydrogen-bond acceptors (Lipinski definition) is 5. The molecule has 0 aliphatic rings. The highest BCUT2D eigenvalue weighted by Crippen LogP contribution is 2.11. The number of aromatic nitrogens is 4. The van der Waals surface area contributed by atoms with E-state index in [4.69, 9.17) is 4.74 Å². The molecule has 88 valence electrons. The molecule has 6 nitrogen and oxygen atoms in total. The van der Waals surface area contributed by atoms with Crippen LogP contribution in [0.1, 0.15) is 0 Å². The normalized spacial score (nSPS) is 10.4. The van der Waals surface area contributed by atoms with Crippen LogP contribution in [0.4, 0.5) is 0 Å². The summed E-state index contributed by atoms with van der Waals surface area (Å²) in [6.07, 6.45) is 0. The van der Waals surface area contributed by atoms with Gasteiger partial charge in [-0.2, -0.15) is 4.80 Å². The lowest BCUT2D eigenvalue weighted by Crippen LogP contribution is -2.17. The van der Waals surface area contributed by atoms with E-state index < -0.39 is 0 Å².